The molecule has 0 saturated carbocycles. The lowest BCUT2D eigenvalue weighted by atomic mass is 9.99. The van der Waals surface area contributed by atoms with Crippen LogP contribution >= 0.6 is 11.3 Å². The maximum atomic E-state index is 11.0. The number of aliphatic carboxylic acids is 1. The molecule has 1 fully saturated rings. The van der Waals surface area contributed by atoms with Crippen molar-refractivity contribution in [3.05, 3.63) is 71.4 Å². The number of rotatable bonds is 11. The van der Waals surface area contributed by atoms with Crippen LogP contribution in [0.25, 0.3) is 10.4 Å². The Bertz CT molecular complexity index is 970. The normalized spacial score (nSPS) is 14.3. The van der Waals surface area contributed by atoms with Crippen molar-refractivity contribution in [1.82, 2.24) is 9.88 Å². The summed E-state index contributed by atoms with van der Waals surface area (Å²) in [4.78, 5) is 18.5. The van der Waals surface area contributed by atoms with E-state index in [4.69, 9.17) is 9.84 Å². The summed E-state index contributed by atoms with van der Waals surface area (Å²) in [5.74, 6) is -0.0392. The van der Waals surface area contributed by atoms with Crippen molar-refractivity contribution in [2.75, 3.05) is 19.7 Å². The molecule has 162 valence electrons. The molecule has 2 heterocycles. The molecule has 2 aromatic carbocycles. The van der Waals surface area contributed by atoms with E-state index in [2.05, 4.69) is 52.3 Å². The number of aromatic nitrogens is 1. The van der Waals surface area contributed by atoms with Crippen molar-refractivity contribution in [3.8, 4) is 16.2 Å². The van der Waals surface area contributed by atoms with E-state index in [1.807, 2.05) is 17.8 Å². The Balaban J connectivity index is 1.30. The van der Waals surface area contributed by atoms with Gasteiger partial charge in [0.25, 0.3) is 0 Å². The largest absolute Gasteiger partial charge is 0.493 e. The molecule has 0 aliphatic carbocycles. The second kappa shape index (κ2) is 10.6. The Morgan fingerprint density at radius 3 is 2.68 bits per heavy atom. The molecule has 0 spiro atoms. The van der Waals surface area contributed by atoms with Crippen LogP contribution in [-0.4, -0.2) is 40.7 Å². The lowest BCUT2D eigenvalue weighted by Gasteiger charge is -2.36. The molecular formula is C25H28N2O3S. The summed E-state index contributed by atoms with van der Waals surface area (Å²) in [5, 5.41) is 9.07. The van der Waals surface area contributed by atoms with Crippen molar-refractivity contribution in [2.24, 2.45) is 5.92 Å². The Labute approximate surface area is 187 Å². The molecule has 1 aliphatic heterocycles. The van der Waals surface area contributed by atoms with E-state index >= 15 is 0 Å². The lowest BCUT2D eigenvalue weighted by Crippen LogP contribution is -2.49. The minimum Gasteiger partial charge on any atom is -0.493 e. The van der Waals surface area contributed by atoms with Crippen LogP contribution in [0.4, 0.5) is 0 Å². The summed E-state index contributed by atoms with van der Waals surface area (Å²) in [6.45, 7) is 2.70. The van der Waals surface area contributed by atoms with E-state index in [0.717, 1.165) is 42.0 Å². The average molecular weight is 437 g/mol. The highest BCUT2D eigenvalue weighted by molar-refractivity contribution is 7.13. The number of unbranched alkanes of at least 4 members (excludes halogenated alkanes) is 2. The monoisotopic (exact) mass is 436 g/mol. The van der Waals surface area contributed by atoms with Gasteiger partial charge in [0, 0.05) is 31.4 Å². The number of aryl methyl sites for hydroxylation is 1. The molecule has 6 heteroatoms. The number of hydrogen-bond donors (Lipinski definition) is 1. The van der Waals surface area contributed by atoms with Gasteiger partial charge in [-0.15, -0.1) is 11.3 Å². The molecule has 1 aromatic heterocycles. The van der Waals surface area contributed by atoms with Crippen molar-refractivity contribution in [3.63, 3.8) is 0 Å². The Morgan fingerprint density at radius 2 is 1.94 bits per heavy atom. The molecule has 1 aliphatic rings. The van der Waals surface area contributed by atoms with Crippen LogP contribution in [0.2, 0.25) is 0 Å². The van der Waals surface area contributed by atoms with Crippen molar-refractivity contribution in [1.29, 1.82) is 0 Å². The number of hydrogen-bond acceptors (Lipinski definition) is 5. The van der Waals surface area contributed by atoms with Crippen LogP contribution < -0.4 is 4.74 Å². The molecule has 0 atom stereocenters. The minimum absolute atomic E-state index is 0.231. The molecule has 1 N–H and O–H groups in total. The summed E-state index contributed by atoms with van der Waals surface area (Å²) in [6, 6.07) is 16.9. The van der Waals surface area contributed by atoms with Crippen LogP contribution in [0.15, 0.2) is 60.2 Å². The SMILES string of the molecule is O=C(O)C1CN(Cc2ccc(OCCCCCc3ccccc3)c(-c3cncs3)c2)C1. The summed E-state index contributed by atoms with van der Waals surface area (Å²) < 4.78 is 6.15. The molecule has 1 saturated heterocycles. The van der Waals surface area contributed by atoms with Crippen LogP contribution in [0, 0.1) is 5.92 Å². The van der Waals surface area contributed by atoms with E-state index in [-0.39, 0.29) is 5.92 Å². The molecule has 0 unspecified atom stereocenters. The third kappa shape index (κ3) is 5.93. The molecule has 4 rings (SSSR count). The third-order valence-electron chi connectivity index (χ3n) is 5.66. The van der Waals surface area contributed by atoms with E-state index in [1.54, 1.807) is 11.3 Å². The lowest BCUT2D eigenvalue weighted by molar-refractivity contribution is -0.147. The van der Waals surface area contributed by atoms with Crippen LogP contribution in [0.1, 0.15) is 30.4 Å². The van der Waals surface area contributed by atoms with Gasteiger partial charge >= 0.3 is 5.97 Å². The predicted octanol–water partition coefficient (Wildman–Crippen LogP) is 5.12. The first-order chi connectivity index (χ1) is 15.2. The van der Waals surface area contributed by atoms with Gasteiger partial charge in [-0.25, -0.2) is 0 Å². The standard InChI is InChI=1S/C25H28N2O3S/c28-25(29)21-16-27(17-21)15-20-10-11-23(22(13-20)24-14-26-18-31-24)30-12-6-2-5-9-19-7-3-1-4-8-19/h1,3-4,7-8,10-11,13-14,18,21H,2,5-6,9,12,15-17H2,(H,28,29). The maximum absolute atomic E-state index is 11.0. The number of likely N-dealkylation sites (tertiary alicyclic amines) is 1. The van der Waals surface area contributed by atoms with Gasteiger partial charge in [-0.2, -0.15) is 0 Å². The Morgan fingerprint density at radius 1 is 1.10 bits per heavy atom. The van der Waals surface area contributed by atoms with Gasteiger partial charge < -0.3 is 9.84 Å². The van der Waals surface area contributed by atoms with Crippen molar-refractivity contribution < 1.29 is 14.6 Å². The highest BCUT2D eigenvalue weighted by Crippen LogP contribution is 2.34. The number of ether oxygens (including phenoxy) is 1. The van der Waals surface area contributed by atoms with Crippen molar-refractivity contribution in [2.45, 2.75) is 32.2 Å². The first-order valence-corrected chi connectivity index (χ1v) is 11.7. The van der Waals surface area contributed by atoms with Gasteiger partial charge in [-0.1, -0.05) is 36.4 Å². The highest BCUT2D eigenvalue weighted by atomic mass is 32.1. The summed E-state index contributed by atoms with van der Waals surface area (Å²) in [6.07, 6.45) is 6.33. The smallest absolute Gasteiger partial charge is 0.309 e. The molecule has 5 nitrogen and oxygen atoms in total. The fourth-order valence-electron chi connectivity index (χ4n) is 3.89. The van der Waals surface area contributed by atoms with E-state index in [0.29, 0.717) is 19.7 Å². The highest BCUT2D eigenvalue weighted by Gasteiger charge is 2.32. The van der Waals surface area contributed by atoms with Gasteiger partial charge in [0.05, 0.1) is 22.9 Å². The fraction of sp³-hybridized carbons (Fsp3) is 0.360. The van der Waals surface area contributed by atoms with Gasteiger partial charge in [0.2, 0.25) is 0 Å². The minimum atomic E-state index is -0.700. The number of carboxylic acids is 1. The van der Waals surface area contributed by atoms with E-state index < -0.39 is 5.97 Å². The van der Waals surface area contributed by atoms with Crippen LogP contribution in [-0.2, 0) is 17.8 Å². The Hall–Kier alpha value is -2.70. The number of nitrogens with zero attached hydrogens (tertiary/aromatic N) is 2. The number of benzene rings is 2. The molecule has 31 heavy (non-hydrogen) atoms. The van der Waals surface area contributed by atoms with Gasteiger partial charge in [0.15, 0.2) is 0 Å². The third-order valence-corrected chi connectivity index (χ3v) is 6.47. The zero-order valence-corrected chi connectivity index (χ0v) is 18.4. The van der Waals surface area contributed by atoms with Crippen LogP contribution in [0.3, 0.4) is 0 Å². The molecule has 0 radical (unpaired) electrons. The number of carboxylic acid groups (broad SMARTS) is 1. The molecule has 0 amide bonds. The van der Waals surface area contributed by atoms with Crippen LogP contribution in [0.5, 0.6) is 5.75 Å². The Kier molecular flexibility index (Phi) is 7.33. The zero-order valence-electron chi connectivity index (χ0n) is 17.6. The molecule has 0 bridgehead atoms. The average Bonchev–Trinajstić information content (AvgIpc) is 3.28. The first-order valence-electron chi connectivity index (χ1n) is 10.8. The second-order valence-electron chi connectivity index (χ2n) is 8.07. The predicted molar refractivity (Wildman–Crippen MR) is 123 cm³/mol. The molecular weight excluding hydrogens is 408 g/mol. The summed E-state index contributed by atoms with van der Waals surface area (Å²) in [5.41, 5.74) is 5.47. The first kappa shape index (κ1) is 21.5. The number of thiazole rings is 1. The van der Waals surface area contributed by atoms with Crippen molar-refractivity contribution >= 4 is 17.3 Å². The van der Waals surface area contributed by atoms with E-state index in [9.17, 15) is 4.79 Å². The zero-order chi connectivity index (χ0) is 21.5. The van der Waals surface area contributed by atoms with E-state index in [1.165, 1.54) is 17.5 Å². The van der Waals surface area contributed by atoms with Gasteiger partial charge in [-0.05, 0) is 48.9 Å². The summed E-state index contributed by atoms with van der Waals surface area (Å²) >= 11 is 1.60. The topological polar surface area (TPSA) is 62.7 Å². The van der Waals surface area contributed by atoms with Gasteiger partial charge in [0.1, 0.15) is 5.75 Å². The summed E-state index contributed by atoms with van der Waals surface area (Å²) in [7, 11) is 0. The fourth-order valence-corrected chi connectivity index (χ4v) is 4.53. The second-order valence-corrected chi connectivity index (χ2v) is 8.96. The maximum Gasteiger partial charge on any atom is 0.309 e. The quantitative estimate of drug-likeness (QED) is 0.423. The molecule has 3 aromatic rings. The number of carbonyl (C=O) groups is 1. The van der Waals surface area contributed by atoms with Gasteiger partial charge in [-0.3, -0.25) is 14.7 Å².